The average Bonchev–Trinajstić information content (AvgIpc) is 2.26. The van der Waals surface area contributed by atoms with Gasteiger partial charge in [0.25, 0.3) is 0 Å². The van der Waals surface area contributed by atoms with Gasteiger partial charge in [-0.1, -0.05) is 12.1 Å². The molecule has 0 saturated carbocycles. The van der Waals surface area contributed by atoms with E-state index in [1.165, 1.54) is 11.0 Å². The minimum atomic E-state index is -0.0561. The van der Waals surface area contributed by atoms with Crippen molar-refractivity contribution < 1.29 is 4.79 Å². The lowest BCUT2D eigenvalue weighted by Crippen LogP contribution is -2.18. The smallest absolute Gasteiger partial charge is 0.246 e. The Balaban J connectivity index is 2.74. The molecule has 1 aromatic rings. The first-order valence-corrected chi connectivity index (χ1v) is 4.53. The Morgan fingerprint density at radius 2 is 1.93 bits per heavy atom. The summed E-state index contributed by atoms with van der Waals surface area (Å²) >= 11 is 0. The van der Waals surface area contributed by atoms with Crippen LogP contribution < -0.4 is 0 Å². The van der Waals surface area contributed by atoms with Gasteiger partial charge < -0.3 is 4.90 Å². The molecule has 0 heterocycles. The maximum Gasteiger partial charge on any atom is 0.246 e. The van der Waals surface area contributed by atoms with Crippen molar-refractivity contribution in [2.45, 2.75) is 0 Å². The molecule has 0 spiro atoms. The Bertz CT molecular complexity index is 410. The summed E-state index contributed by atoms with van der Waals surface area (Å²) in [7, 11) is 3.40. The highest BCUT2D eigenvalue weighted by atomic mass is 16.2. The second-order valence-corrected chi connectivity index (χ2v) is 3.30. The largest absolute Gasteiger partial charge is 0.345 e. The molecule has 1 aromatic carbocycles. The van der Waals surface area contributed by atoms with Crippen LogP contribution in [0.3, 0.4) is 0 Å². The molecule has 0 aliphatic carbocycles. The van der Waals surface area contributed by atoms with Gasteiger partial charge in [-0.2, -0.15) is 5.26 Å². The van der Waals surface area contributed by atoms with E-state index < -0.39 is 0 Å². The third-order valence-electron chi connectivity index (χ3n) is 1.90. The minimum absolute atomic E-state index is 0.0561. The summed E-state index contributed by atoms with van der Waals surface area (Å²) in [6.07, 6.45) is 3.23. The zero-order chi connectivity index (χ0) is 11.3. The van der Waals surface area contributed by atoms with Gasteiger partial charge in [0, 0.05) is 20.2 Å². The van der Waals surface area contributed by atoms with E-state index in [4.69, 9.17) is 5.26 Å². The topological polar surface area (TPSA) is 44.1 Å². The fourth-order valence-electron chi connectivity index (χ4n) is 0.985. The Morgan fingerprint density at radius 3 is 2.40 bits per heavy atom. The lowest BCUT2D eigenvalue weighted by molar-refractivity contribution is -0.123. The number of likely N-dealkylation sites (N-methyl/N-ethyl adjacent to an activating group) is 1. The van der Waals surface area contributed by atoms with Crippen LogP contribution in [0.2, 0.25) is 0 Å². The number of amides is 1. The first-order chi connectivity index (χ1) is 7.13. The van der Waals surface area contributed by atoms with E-state index in [0.717, 1.165) is 5.56 Å². The van der Waals surface area contributed by atoms with Gasteiger partial charge in [0.2, 0.25) is 5.91 Å². The molecule has 15 heavy (non-hydrogen) atoms. The molecule has 0 aliphatic heterocycles. The van der Waals surface area contributed by atoms with Gasteiger partial charge in [0.1, 0.15) is 0 Å². The number of nitrogens with zero attached hydrogens (tertiary/aromatic N) is 2. The predicted molar refractivity (Wildman–Crippen MR) is 58.9 cm³/mol. The molecular formula is C12H12N2O. The molecular weight excluding hydrogens is 188 g/mol. The SMILES string of the molecule is CN(C)C(=O)/C=C\c1ccc(C#N)cc1. The predicted octanol–water partition coefficient (Wildman–Crippen LogP) is 1.66. The van der Waals surface area contributed by atoms with E-state index in [9.17, 15) is 4.79 Å². The van der Waals surface area contributed by atoms with Crippen molar-refractivity contribution in [2.24, 2.45) is 0 Å². The maximum absolute atomic E-state index is 11.2. The summed E-state index contributed by atoms with van der Waals surface area (Å²) in [5, 5.41) is 8.59. The highest BCUT2D eigenvalue weighted by molar-refractivity contribution is 5.91. The molecule has 1 rings (SSSR count). The van der Waals surface area contributed by atoms with Crippen molar-refractivity contribution >= 4 is 12.0 Å². The Kier molecular flexibility index (Phi) is 3.64. The Morgan fingerprint density at radius 1 is 1.33 bits per heavy atom. The van der Waals surface area contributed by atoms with Gasteiger partial charge in [0.05, 0.1) is 11.6 Å². The zero-order valence-electron chi connectivity index (χ0n) is 8.77. The van der Waals surface area contributed by atoms with Gasteiger partial charge in [0.15, 0.2) is 0 Å². The van der Waals surface area contributed by atoms with E-state index in [2.05, 4.69) is 0 Å². The first kappa shape index (κ1) is 11.0. The molecule has 0 unspecified atom stereocenters. The molecule has 0 aromatic heterocycles. The van der Waals surface area contributed by atoms with Crippen LogP contribution in [0.4, 0.5) is 0 Å². The Labute approximate surface area is 89.2 Å². The lowest BCUT2D eigenvalue weighted by atomic mass is 10.1. The minimum Gasteiger partial charge on any atom is -0.345 e. The fourth-order valence-corrected chi connectivity index (χ4v) is 0.985. The number of carbonyl (C=O) groups is 1. The van der Waals surface area contributed by atoms with Gasteiger partial charge in [-0.15, -0.1) is 0 Å². The summed E-state index contributed by atoms with van der Waals surface area (Å²) in [5.41, 5.74) is 1.52. The molecule has 0 N–H and O–H groups in total. The third kappa shape index (κ3) is 3.28. The molecule has 0 aliphatic rings. The van der Waals surface area contributed by atoms with Crippen LogP contribution in [0.15, 0.2) is 30.3 Å². The van der Waals surface area contributed by atoms with Crippen molar-refractivity contribution in [1.29, 1.82) is 5.26 Å². The van der Waals surface area contributed by atoms with Crippen molar-refractivity contribution in [3.05, 3.63) is 41.5 Å². The van der Waals surface area contributed by atoms with E-state index in [1.54, 1.807) is 44.4 Å². The molecule has 0 fully saturated rings. The van der Waals surface area contributed by atoms with Crippen molar-refractivity contribution in [2.75, 3.05) is 14.1 Å². The van der Waals surface area contributed by atoms with Crippen molar-refractivity contribution in [3.63, 3.8) is 0 Å². The highest BCUT2D eigenvalue weighted by Crippen LogP contribution is 2.05. The summed E-state index contributed by atoms with van der Waals surface area (Å²) in [5.74, 6) is -0.0561. The average molecular weight is 200 g/mol. The summed E-state index contributed by atoms with van der Waals surface area (Å²) in [4.78, 5) is 12.7. The number of hydrogen-bond donors (Lipinski definition) is 0. The standard InChI is InChI=1S/C12H12N2O/c1-14(2)12(15)8-7-10-3-5-11(9-13)6-4-10/h3-8H,1-2H3/b8-7-. The molecule has 0 atom stereocenters. The molecule has 0 saturated heterocycles. The zero-order valence-corrected chi connectivity index (χ0v) is 8.77. The molecule has 3 nitrogen and oxygen atoms in total. The molecule has 76 valence electrons. The monoisotopic (exact) mass is 200 g/mol. The van der Waals surface area contributed by atoms with Crippen LogP contribution in [-0.4, -0.2) is 24.9 Å². The first-order valence-electron chi connectivity index (χ1n) is 4.53. The van der Waals surface area contributed by atoms with E-state index >= 15 is 0 Å². The summed E-state index contributed by atoms with van der Waals surface area (Å²) < 4.78 is 0. The van der Waals surface area contributed by atoms with E-state index in [0.29, 0.717) is 5.56 Å². The second kappa shape index (κ2) is 4.97. The quantitative estimate of drug-likeness (QED) is 0.681. The number of benzene rings is 1. The van der Waals surface area contributed by atoms with Crippen LogP contribution in [0.1, 0.15) is 11.1 Å². The highest BCUT2D eigenvalue weighted by Gasteiger charge is 1.96. The molecule has 0 bridgehead atoms. The maximum atomic E-state index is 11.2. The van der Waals surface area contributed by atoms with Gasteiger partial charge in [-0.3, -0.25) is 4.79 Å². The third-order valence-corrected chi connectivity index (χ3v) is 1.90. The molecule has 0 radical (unpaired) electrons. The van der Waals surface area contributed by atoms with Crippen molar-refractivity contribution in [1.82, 2.24) is 4.90 Å². The number of hydrogen-bond acceptors (Lipinski definition) is 2. The van der Waals surface area contributed by atoms with E-state index in [-0.39, 0.29) is 5.91 Å². The normalized spacial score (nSPS) is 9.93. The van der Waals surface area contributed by atoms with Gasteiger partial charge in [-0.05, 0) is 23.8 Å². The fraction of sp³-hybridized carbons (Fsp3) is 0.167. The summed E-state index contributed by atoms with van der Waals surface area (Å²) in [6.45, 7) is 0. The van der Waals surface area contributed by atoms with Gasteiger partial charge >= 0.3 is 0 Å². The number of carbonyl (C=O) groups excluding carboxylic acids is 1. The van der Waals surface area contributed by atoms with Crippen LogP contribution in [0, 0.1) is 11.3 Å². The van der Waals surface area contributed by atoms with Crippen molar-refractivity contribution in [3.8, 4) is 6.07 Å². The van der Waals surface area contributed by atoms with Crippen LogP contribution in [0.25, 0.3) is 6.08 Å². The Hall–Kier alpha value is -2.08. The number of rotatable bonds is 2. The lowest BCUT2D eigenvalue weighted by Gasteiger charge is -2.04. The number of nitriles is 1. The summed E-state index contributed by atoms with van der Waals surface area (Å²) in [6, 6.07) is 9.09. The van der Waals surface area contributed by atoms with Crippen LogP contribution >= 0.6 is 0 Å². The second-order valence-electron chi connectivity index (χ2n) is 3.30. The molecule has 3 heteroatoms. The van der Waals surface area contributed by atoms with Crippen LogP contribution in [0.5, 0.6) is 0 Å². The van der Waals surface area contributed by atoms with Crippen LogP contribution in [-0.2, 0) is 4.79 Å². The van der Waals surface area contributed by atoms with Gasteiger partial charge in [-0.25, -0.2) is 0 Å². The molecule has 1 amide bonds. The van der Waals surface area contributed by atoms with E-state index in [1.807, 2.05) is 6.07 Å².